The van der Waals surface area contributed by atoms with Crippen LogP contribution in [-0.4, -0.2) is 41.4 Å². The van der Waals surface area contributed by atoms with Crippen molar-refractivity contribution >= 4 is 17.5 Å². The molecule has 0 aromatic heterocycles. The molecule has 0 radical (unpaired) electrons. The Bertz CT molecular complexity index is 781. The van der Waals surface area contributed by atoms with Gasteiger partial charge in [0, 0.05) is 18.5 Å². The second kappa shape index (κ2) is 5.76. The van der Waals surface area contributed by atoms with E-state index < -0.39 is 47.7 Å². The fourth-order valence-corrected chi connectivity index (χ4v) is 2.84. The van der Waals surface area contributed by atoms with E-state index in [0.29, 0.717) is 0 Å². The first-order chi connectivity index (χ1) is 11.9. The number of carbonyl (C=O) groups excluding carboxylic acids is 1. The van der Waals surface area contributed by atoms with Crippen LogP contribution < -0.4 is 15.8 Å². The van der Waals surface area contributed by atoms with Gasteiger partial charge in [0.1, 0.15) is 11.5 Å². The van der Waals surface area contributed by atoms with Crippen LogP contribution in [0.25, 0.3) is 0 Å². The molecule has 1 unspecified atom stereocenters. The summed E-state index contributed by atoms with van der Waals surface area (Å²) >= 11 is 0. The number of nitrogens with zero attached hydrogens (tertiary/aromatic N) is 2. The molecule has 1 fully saturated rings. The van der Waals surface area contributed by atoms with Crippen molar-refractivity contribution in [1.82, 2.24) is 5.12 Å². The number of aliphatic imine (C=N–C) groups is 1. The maximum absolute atomic E-state index is 13.8. The third kappa shape index (κ3) is 3.16. The number of para-hydroxylation sites is 1. The molecule has 2 heterocycles. The first-order valence-corrected chi connectivity index (χ1v) is 7.31. The topological polar surface area (TPSA) is 79.9 Å². The number of esters is 1. The van der Waals surface area contributed by atoms with Gasteiger partial charge in [-0.3, -0.25) is 0 Å². The van der Waals surface area contributed by atoms with Crippen molar-refractivity contribution < 1.29 is 36.0 Å². The van der Waals surface area contributed by atoms with Gasteiger partial charge >= 0.3 is 18.2 Å². The van der Waals surface area contributed by atoms with Crippen LogP contribution in [0.15, 0.2) is 23.2 Å². The van der Waals surface area contributed by atoms with Crippen LogP contribution in [0.1, 0.15) is 18.4 Å². The molecule has 2 aliphatic heterocycles. The number of alkyl halides is 5. The minimum atomic E-state index is -5.25. The Labute approximate surface area is 142 Å². The Balaban J connectivity index is 1.98. The number of rotatable bonds is 1. The lowest BCUT2D eigenvalue weighted by Crippen LogP contribution is -2.56. The normalized spacial score (nSPS) is 25.2. The number of carbonyl (C=O) groups is 1. The van der Waals surface area contributed by atoms with Crippen molar-refractivity contribution in [2.45, 2.75) is 30.7 Å². The van der Waals surface area contributed by atoms with Crippen molar-refractivity contribution in [3.8, 4) is 5.75 Å². The number of anilines is 1. The number of benzene rings is 1. The van der Waals surface area contributed by atoms with Crippen LogP contribution in [0.4, 0.5) is 32.1 Å². The van der Waals surface area contributed by atoms with Crippen molar-refractivity contribution in [3.05, 3.63) is 23.8 Å². The molecule has 12 heteroatoms. The molecule has 6 nitrogen and oxygen atoms in total. The van der Waals surface area contributed by atoms with E-state index in [0.717, 1.165) is 6.07 Å². The van der Waals surface area contributed by atoms with E-state index in [9.17, 15) is 31.2 Å². The smallest absolute Gasteiger partial charge is 0.418 e. The first-order valence-electron chi connectivity index (χ1n) is 7.31. The maximum Gasteiger partial charge on any atom is 0.491 e. The van der Waals surface area contributed by atoms with Crippen molar-refractivity contribution in [2.24, 2.45) is 10.7 Å². The molecule has 26 heavy (non-hydrogen) atoms. The molecular formula is C14H12F6N4O2. The number of amidine groups is 1. The second-order valence-electron chi connectivity index (χ2n) is 5.90. The Morgan fingerprint density at radius 3 is 2.65 bits per heavy atom. The molecule has 0 saturated carbocycles. The molecule has 1 spiro atoms. The van der Waals surface area contributed by atoms with Gasteiger partial charge in [-0.15, -0.1) is 4.48 Å². The fraction of sp³-hybridized carbons (Fsp3) is 0.429. The lowest BCUT2D eigenvalue weighted by atomic mass is 9.93. The summed E-state index contributed by atoms with van der Waals surface area (Å²) in [5, 5.41) is 1.92. The van der Waals surface area contributed by atoms with Crippen molar-refractivity contribution in [3.63, 3.8) is 0 Å². The van der Waals surface area contributed by atoms with Crippen LogP contribution in [0, 0.1) is 0 Å². The van der Waals surface area contributed by atoms with E-state index in [1.165, 1.54) is 12.1 Å². The molecule has 3 N–H and O–H groups in total. The van der Waals surface area contributed by atoms with Gasteiger partial charge in [-0.1, -0.05) is 11.2 Å². The predicted octanol–water partition coefficient (Wildman–Crippen LogP) is 2.55. The summed E-state index contributed by atoms with van der Waals surface area (Å²) in [7, 11) is 0. The summed E-state index contributed by atoms with van der Waals surface area (Å²) in [4.78, 5) is 15.1. The molecule has 1 saturated heterocycles. The molecule has 1 aromatic rings. The van der Waals surface area contributed by atoms with Gasteiger partial charge in [-0.2, -0.15) is 22.0 Å². The number of hydrogen-bond acceptors (Lipinski definition) is 6. The Morgan fingerprint density at radius 1 is 1.35 bits per heavy atom. The molecular weight excluding hydrogens is 370 g/mol. The van der Waals surface area contributed by atoms with E-state index in [2.05, 4.69) is 15.0 Å². The lowest BCUT2D eigenvalue weighted by Gasteiger charge is -2.43. The summed E-state index contributed by atoms with van der Waals surface area (Å²) in [5.41, 5.74) is 3.89. The summed E-state index contributed by atoms with van der Waals surface area (Å²) in [5.74, 6) is -3.27. The lowest BCUT2D eigenvalue weighted by molar-refractivity contribution is -0.261. The molecule has 1 aromatic carbocycles. The van der Waals surface area contributed by atoms with Crippen LogP contribution in [0.2, 0.25) is 0 Å². The summed E-state index contributed by atoms with van der Waals surface area (Å²) < 4.78 is 82.4. The predicted molar refractivity (Wildman–Crippen MR) is 77.2 cm³/mol. The zero-order valence-corrected chi connectivity index (χ0v) is 12.9. The highest BCUT2D eigenvalue weighted by Crippen LogP contribution is 2.44. The highest BCUT2D eigenvalue weighted by atomic mass is 19.4. The number of nitrogens with one attached hydrogen (secondary N) is 1. The van der Waals surface area contributed by atoms with Crippen molar-refractivity contribution in [1.29, 1.82) is 0 Å². The van der Waals surface area contributed by atoms with Crippen molar-refractivity contribution in [2.75, 3.05) is 11.9 Å². The minimum Gasteiger partial charge on any atom is -0.418 e. The second-order valence-corrected chi connectivity index (χ2v) is 5.90. The summed E-state index contributed by atoms with van der Waals surface area (Å²) in [6, 6.07) is -0.186. The SMILES string of the molecule is NC1=NC2(CCN(F)C(F)(F)C2)Nc2c(OC(=O)C(F)(F)F)cccc21. The van der Waals surface area contributed by atoms with E-state index in [1.54, 1.807) is 0 Å². The highest BCUT2D eigenvalue weighted by molar-refractivity contribution is 6.05. The van der Waals surface area contributed by atoms with Crippen LogP contribution in [0.3, 0.4) is 0 Å². The highest BCUT2D eigenvalue weighted by Gasteiger charge is 2.53. The molecule has 2 aliphatic rings. The van der Waals surface area contributed by atoms with Gasteiger partial charge in [0.25, 0.3) is 0 Å². The third-order valence-electron chi connectivity index (χ3n) is 4.01. The van der Waals surface area contributed by atoms with Crippen LogP contribution in [-0.2, 0) is 4.79 Å². The van der Waals surface area contributed by atoms with Gasteiger partial charge in [0.05, 0.1) is 12.1 Å². The van der Waals surface area contributed by atoms with Gasteiger partial charge in [0.15, 0.2) is 5.75 Å². The van der Waals surface area contributed by atoms with Gasteiger partial charge in [0.2, 0.25) is 0 Å². The minimum absolute atomic E-state index is 0.0779. The van der Waals surface area contributed by atoms with E-state index >= 15 is 0 Å². The van der Waals surface area contributed by atoms with E-state index in [1.807, 2.05) is 0 Å². The Morgan fingerprint density at radius 2 is 2.04 bits per heavy atom. The molecule has 142 valence electrons. The molecule has 0 aliphatic carbocycles. The fourth-order valence-electron chi connectivity index (χ4n) is 2.84. The van der Waals surface area contributed by atoms with Crippen LogP contribution in [0.5, 0.6) is 5.75 Å². The standard InChI is InChI=1S/C14H12F6N4O2/c15-13(16)6-12(4-5-24(13)20)22-9-7(10(21)23-12)2-1-3-8(9)26-11(25)14(17,18)19/h1-3,22H,4-6H2,(H2,21,23). The number of ether oxygens (including phenoxy) is 1. The maximum atomic E-state index is 13.8. The summed E-state index contributed by atoms with van der Waals surface area (Å²) in [6.07, 6.45) is -6.60. The van der Waals surface area contributed by atoms with E-state index in [-0.39, 0.29) is 23.5 Å². The van der Waals surface area contributed by atoms with Gasteiger partial charge in [-0.05, 0) is 12.1 Å². The quantitative estimate of drug-likeness (QED) is 0.257. The number of fused-ring (bicyclic) bond motifs is 1. The van der Waals surface area contributed by atoms with Crippen LogP contribution >= 0.6 is 0 Å². The Hall–Kier alpha value is -2.50. The number of halogens is 6. The average Bonchev–Trinajstić information content (AvgIpc) is 2.51. The van der Waals surface area contributed by atoms with E-state index in [4.69, 9.17) is 5.73 Å². The Kier molecular flexibility index (Phi) is 4.05. The third-order valence-corrected chi connectivity index (χ3v) is 4.01. The summed E-state index contributed by atoms with van der Waals surface area (Å²) in [6.45, 7) is -0.684. The molecule has 0 bridgehead atoms. The monoisotopic (exact) mass is 382 g/mol. The number of hydrogen-bond donors (Lipinski definition) is 2. The average molecular weight is 382 g/mol. The molecule has 3 rings (SSSR count). The van der Waals surface area contributed by atoms with Gasteiger partial charge in [-0.25, -0.2) is 9.79 Å². The first kappa shape index (κ1) is 18.3. The molecule has 0 amide bonds. The van der Waals surface area contributed by atoms with Gasteiger partial charge < -0.3 is 15.8 Å². The zero-order chi connectivity index (χ0) is 19.3. The largest absolute Gasteiger partial charge is 0.491 e. The molecule has 1 atom stereocenters. The number of nitrogens with two attached hydrogens (primary N) is 1. The zero-order valence-electron chi connectivity index (χ0n) is 12.9. The number of piperidine rings is 1.